The maximum absolute atomic E-state index is 12.1. The van der Waals surface area contributed by atoms with E-state index < -0.39 is 0 Å². The van der Waals surface area contributed by atoms with Crippen molar-refractivity contribution in [2.24, 2.45) is 5.92 Å². The largest absolute Gasteiger partial charge is 0.336 e. The minimum atomic E-state index is -0.321. The molecule has 1 aromatic rings. The molecule has 0 aromatic heterocycles. The van der Waals surface area contributed by atoms with Crippen molar-refractivity contribution in [2.75, 3.05) is 32.0 Å². The summed E-state index contributed by atoms with van der Waals surface area (Å²) in [5, 5.41) is 6.67. The Balaban J connectivity index is 0.00000288. The van der Waals surface area contributed by atoms with Gasteiger partial charge >= 0.3 is 0 Å². The van der Waals surface area contributed by atoms with E-state index in [4.69, 9.17) is 23.2 Å². The molecule has 2 amide bonds. The first-order valence-corrected chi connectivity index (χ1v) is 8.41. The van der Waals surface area contributed by atoms with E-state index in [1.165, 1.54) is 4.90 Å². The normalized spacial score (nSPS) is 16.4. The second kappa shape index (κ2) is 10.1. The van der Waals surface area contributed by atoms with Crippen molar-refractivity contribution in [1.82, 2.24) is 10.2 Å². The molecule has 0 spiro atoms. The van der Waals surface area contributed by atoms with Gasteiger partial charge in [-0.3, -0.25) is 9.59 Å². The van der Waals surface area contributed by atoms with Crippen LogP contribution in [-0.2, 0) is 9.59 Å². The zero-order valence-electron chi connectivity index (χ0n) is 13.5. The van der Waals surface area contributed by atoms with Gasteiger partial charge in [0.25, 0.3) is 0 Å². The fourth-order valence-electron chi connectivity index (χ4n) is 2.58. The van der Waals surface area contributed by atoms with E-state index >= 15 is 0 Å². The van der Waals surface area contributed by atoms with E-state index in [1.807, 2.05) is 0 Å². The van der Waals surface area contributed by atoms with Crippen LogP contribution >= 0.6 is 35.6 Å². The molecule has 134 valence electrons. The first-order chi connectivity index (χ1) is 11.0. The van der Waals surface area contributed by atoms with Crippen molar-refractivity contribution >= 4 is 53.1 Å². The number of rotatable bonds is 6. The minimum absolute atomic E-state index is 0. The lowest BCUT2D eigenvalue weighted by molar-refractivity contribution is -0.133. The van der Waals surface area contributed by atoms with Gasteiger partial charge in [0.2, 0.25) is 11.8 Å². The highest BCUT2D eigenvalue weighted by Crippen LogP contribution is 2.29. The number of carbonyl (C=O) groups is 2. The first kappa shape index (κ1) is 21.0. The smallest absolute Gasteiger partial charge is 0.244 e. The molecule has 1 aromatic carbocycles. The molecule has 1 fully saturated rings. The van der Waals surface area contributed by atoms with Gasteiger partial charge in [0.15, 0.2) is 0 Å². The molecule has 1 saturated heterocycles. The van der Waals surface area contributed by atoms with Gasteiger partial charge in [-0.1, -0.05) is 29.3 Å². The molecule has 1 unspecified atom stereocenters. The number of carbonyl (C=O) groups excluding carboxylic acids is 2. The summed E-state index contributed by atoms with van der Waals surface area (Å²) < 4.78 is 0. The number of halogens is 3. The minimum Gasteiger partial charge on any atom is -0.336 e. The average Bonchev–Trinajstić information content (AvgIpc) is 3.02. The number of nitrogens with zero attached hydrogens (tertiary/aromatic N) is 1. The summed E-state index contributed by atoms with van der Waals surface area (Å²) in [7, 11) is 1.63. The van der Waals surface area contributed by atoms with Gasteiger partial charge in [0, 0.05) is 13.5 Å². The maximum atomic E-state index is 12.1. The van der Waals surface area contributed by atoms with Crippen LogP contribution in [0, 0.1) is 5.92 Å². The van der Waals surface area contributed by atoms with Crippen LogP contribution in [-0.4, -0.2) is 43.4 Å². The Bertz CT molecular complexity index is 557. The molecular formula is C16H22Cl3N3O2. The molecule has 2 N–H and O–H groups in total. The van der Waals surface area contributed by atoms with Crippen molar-refractivity contribution in [3.8, 4) is 0 Å². The Morgan fingerprint density at radius 2 is 2.00 bits per heavy atom. The van der Waals surface area contributed by atoms with Gasteiger partial charge in [-0.25, -0.2) is 0 Å². The van der Waals surface area contributed by atoms with Crippen molar-refractivity contribution < 1.29 is 9.59 Å². The van der Waals surface area contributed by atoms with E-state index in [9.17, 15) is 9.59 Å². The molecular weight excluding hydrogens is 373 g/mol. The Hall–Kier alpha value is -1.01. The first-order valence-electron chi connectivity index (χ1n) is 7.66. The third-order valence-electron chi connectivity index (χ3n) is 3.96. The molecule has 0 aliphatic carbocycles. The van der Waals surface area contributed by atoms with Crippen LogP contribution in [0.5, 0.6) is 0 Å². The molecule has 5 nitrogen and oxygen atoms in total. The monoisotopic (exact) mass is 393 g/mol. The van der Waals surface area contributed by atoms with E-state index in [0.29, 0.717) is 28.1 Å². The van der Waals surface area contributed by atoms with E-state index in [2.05, 4.69) is 10.6 Å². The maximum Gasteiger partial charge on any atom is 0.244 e. The SMILES string of the molecule is CN(CC(=O)Nc1c(Cl)cccc1Cl)C(=O)CCC1CCNC1.Cl. The van der Waals surface area contributed by atoms with Gasteiger partial charge < -0.3 is 15.5 Å². The standard InChI is InChI=1S/C16H21Cl2N3O2.ClH/c1-21(15(23)6-5-11-7-8-19-9-11)10-14(22)20-16-12(17)3-2-4-13(16)18;/h2-4,11,19H,5-10H2,1H3,(H,20,22);1H. The second-order valence-electron chi connectivity index (χ2n) is 5.79. The lowest BCUT2D eigenvalue weighted by atomic mass is 10.0. The third-order valence-corrected chi connectivity index (χ3v) is 4.59. The van der Waals surface area contributed by atoms with Gasteiger partial charge in [-0.15, -0.1) is 12.4 Å². The predicted molar refractivity (Wildman–Crippen MR) is 100 cm³/mol. The molecule has 2 rings (SSSR count). The number of amides is 2. The topological polar surface area (TPSA) is 61.4 Å². The summed E-state index contributed by atoms with van der Waals surface area (Å²) in [4.78, 5) is 25.6. The zero-order chi connectivity index (χ0) is 16.8. The molecule has 8 heteroatoms. The Morgan fingerprint density at radius 3 is 2.58 bits per heavy atom. The second-order valence-corrected chi connectivity index (χ2v) is 6.61. The van der Waals surface area contributed by atoms with Crippen molar-refractivity contribution in [3.63, 3.8) is 0 Å². The number of anilines is 1. The number of benzene rings is 1. The molecule has 0 bridgehead atoms. The van der Waals surface area contributed by atoms with Crippen LogP contribution in [0.3, 0.4) is 0 Å². The van der Waals surface area contributed by atoms with Gasteiger partial charge in [-0.05, 0) is 44.0 Å². The Kier molecular flexibility index (Phi) is 8.84. The van der Waals surface area contributed by atoms with Crippen LogP contribution in [0.1, 0.15) is 19.3 Å². The zero-order valence-corrected chi connectivity index (χ0v) is 15.8. The van der Waals surface area contributed by atoms with Crippen LogP contribution in [0.25, 0.3) is 0 Å². The number of nitrogens with one attached hydrogen (secondary N) is 2. The van der Waals surface area contributed by atoms with Gasteiger partial charge in [-0.2, -0.15) is 0 Å². The fraction of sp³-hybridized carbons (Fsp3) is 0.500. The average molecular weight is 395 g/mol. The highest BCUT2D eigenvalue weighted by atomic mass is 35.5. The van der Waals surface area contributed by atoms with E-state index in [1.54, 1.807) is 25.2 Å². The molecule has 1 aliphatic heterocycles. The van der Waals surface area contributed by atoms with Gasteiger partial charge in [0.1, 0.15) is 0 Å². The summed E-state index contributed by atoms with van der Waals surface area (Å²) in [6.45, 7) is 1.97. The highest BCUT2D eigenvalue weighted by molar-refractivity contribution is 6.39. The summed E-state index contributed by atoms with van der Waals surface area (Å²) in [5.41, 5.74) is 0.374. The number of likely N-dealkylation sites (N-methyl/N-ethyl adjacent to an activating group) is 1. The highest BCUT2D eigenvalue weighted by Gasteiger charge is 2.19. The van der Waals surface area contributed by atoms with Crippen LogP contribution in [0.2, 0.25) is 10.0 Å². The van der Waals surface area contributed by atoms with Crippen LogP contribution < -0.4 is 10.6 Å². The number of hydrogen-bond donors (Lipinski definition) is 2. The van der Waals surface area contributed by atoms with Crippen LogP contribution in [0.4, 0.5) is 5.69 Å². The quantitative estimate of drug-likeness (QED) is 0.779. The summed E-state index contributed by atoms with van der Waals surface area (Å²) in [6, 6.07) is 4.99. The van der Waals surface area contributed by atoms with Gasteiger partial charge in [0.05, 0.1) is 22.3 Å². The van der Waals surface area contributed by atoms with Crippen molar-refractivity contribution in [3.05, 3.63) is 28.2 Å². The number of hydrogen-bond acceptors (Lipinski definition) is 3. The summed E-state index contributed by atoms with van der Waals surface area (Å²) >= 11 is 12.0. The molecule has 0 saturated carbocycles. The summed E-state index contributed by atoms with van der Waals surface area (Å²) in [5.74, 6) is 0.207. The Morgan fingerprint density at radius 1 is 1.33 bits per heavy atom. The van der Waals surface area contributed by atoms with E-state index in [-0.39, 0.29) is 30.8 Å². The molecule has 1 aliphatic rings. The van der Waals surface area contributed by atoms with Crippen LogP contribution in [0.15, 0.2) is 18.2 Å². The van der Waals surface area contributed by atoms with Crippen molar-refractivity contribution in [1.29, 1.82) is 0 Å². The summed E-state index contributed by atoms with van der Waals surface area (Å²) in [6.07, 6.45) is 2.43. The molecule has 1 atom stereocenters. The predicted octanol–water partition coefficient (Wildman–Crippen LogP) is 3.20. The van der Waals surface area contributed by atoms with E-state index in [0.717, 1.165) is 25.9 Å². The third kappa shape index (κ3) is 6.13. The number of para-hydroxylation sites is 1. The fourth-order valence-corrected chi connectivity index (χ4v) is 3.07. The molecule has 24 heavy (non-hydrogen) atoms. The lowest BCUT2D eigenvalue weighted by Crippen LogP contribution is -2.35. The lowest BCUT2D eigenvalue weighted by Gasteiger charge is -2.18. The molecule has 1 heterocycles. The Labute approximate surface area is 158 Å². The van der Waals surface area contributed by atoms with Crippen molar-refractivity contribution in [2.45, 2.75) is 19.3 Å². The molecule has 0 radical (unpaired) electrons.